The van der Waals surface area contributed by atoms with Crippen molar-refractivity contribution in [2.24, 2.45) is 0 Å². The fourth-order valence-corrected chi connectivity index (χ4v) is 1.90. The summed E-state index contributed by atoms with van der Waals surface area (Å²) in [5.74, 6) is 1.00. The second kappa shape index (κ2) is 5.42. The number of halogens is 1. The van der Waals surface area contributed by atoms with Crippen LogP contribution in [0.2, 0.25) is 0 Å². The van der Waals surface area contributed by atoms with Crippen LogP contribution in [0.4, 0.5) is 0 Å². The highest BCUT2D eigenvalue weighted by Crippen LogP contribution is 2.25. The minimum absolute atomic E-state index is 0.397. The summed E-state index contributed by atoms with van der Waals surface area (Å²) in [6, 6.07) is 7.67. The normalized spacial score (nSPS) is 12.6. The van der Waals surface area contributed by atoms with E-state index in [4.69, 9.17) is 4.52 Å². The monoisotopic (exact) mass is 296 g/mol. The largest absolute Gasteiger partial charge is 0.393 e. The van der Waals surface area contributed by atoms with Crippen LogP contribution in [-0.4, -0.2) is 21.4 Å². The molecule has 2 aromatic rings. The molecule has 0 bridgehead atoms. The van der Waals surface area contributed by atoms with Crippen molar-refractivity contribution in [2.75, 3.05) is 0 Å². The highest BCUT2D eigenvalue weighted by molar-refractivity contribution is 9.10. The molecule has 1 N–H and O–H groups in total. The molecule has 4 nitrogen and oxygen atoms in total. The first-order valence-electron chi connectivity index (χ1n) is 5.46. The van der Waals surface area contributed by atoms with E-state index >= 15 is 0 Å². The number of hydrogen-bond donors (Lipinski definition) is 1. The van der Waals surface area contributed by atoms with Gasteiger partial charge >= 0.3 is 0 Å². The van der Waals surface area contributed by atoms with Crippen LogP contribution in [0.5, 0.6) is 0 Å². The van der Waals surface area contributed by atoms with Crippen LogP contribution in [0.15, 0.2) is 33.3 Å². The zero-order valence-corrected chi connectivity index (χ0v) is 11.0. The zero-order chi connectivity index (χ0) is 12.3. The third kappa shape index (κ3) is 2.92. The van der Waals surface area contributed by atoms with Crippen LogP contribution in [0.3, 0.4) is 0 Å². The van der Waals surface area contributed by atoms with Crippen molar-refractivity contribution in [3.8, 4) is 11.4 Å². The second-order valence-corrected chi connectivity index (χ2v) is 4.61. The molecular formula is C12H13BrN2O2. The van der Waals surface area contributed by atoms with Crippen LogP contribution in [0, 0.1) is 0 Å². The molecule has 1 heterocycles. The maximum atomic E-state index is 9.51. The van der Waals surface area contributed by atoms with Crippen LogP contribution >= 0.6 is 15.9 Å². The van der Waals surface area contributed by atoms with Crippen molar-refractivity contribution in [1.29, 1.82) is 0 Å². The predicted octanol–water partition coefficient (Wildman–Crippen LogP) is 2.81. The van der Waals surface area contributed by atoms with Crippen LogP contribution < -0.4 is 0 Å². The minimum atomic E-state index is -0.428. The molecule has 1 atom stereocenters. The van der Waals surface area contributed by atoms with Gasteiger partial charge in [0.05, 0.1) is 12.5 Å². The number of aliphatic hydroxyl groups excluding tert-OH is 1. The van der Waals surface area contributed by atoms with Gasteiger partial charge in [-0.2, -0.15) is 4.98 Å². The third-order valence-electron chi connectivity index (χ3n) is 2.46. The smallest absolute Gasteiger partial charge is 0.229 e. The lowest BCUT2D eigenvalue weighted by molar-refractivity contribution is 0.158. The van der Waals surface area contributed by atoms with Crippen LogP contribution in [-0.2, 0) is 6.42 Å². The summed E-state index contributed by atoms with van der Waals surface area (Å²) in [5.41, 5.74) is 0.883. The number of benzene rings is 1. The number of aromatic nitrogens is 2. The van der Waals surface area contributed by atoms with E-state index in [0.29, 0.717) is 24.6 Å². The molecule has 0 saturated carbocycles. The lowest BCUT2D eigenvalue weighted by Crippen LogP contribution is -2.08. The number of hydrogen-bond acceptors (Lipinski definition) is 4. The Bertz CT molecular complexity index is 499. The Morgan fingerprint density at radius 2 is 2.18 bits per heavy atom. The maximum Gasteiger partial charge on any atom is 0.229 e. The van der Waals surface area contributed by atoms with Crippen molar-refractivity contribution < 1.29 is 9.63 Å². The van der Waals surface area contributed by atoms with Crippen molar-refractivity contribution in [2.45, 2.75) is 25.9 Å². The highest BCUT2D eigenvalue weighted by atomic mass is 79.9. The summed E-state index contributed by atoms with van der Waals surface area (Å²) in [5, 5.41) is 13.4. The molecule has 2 rings (SSSR count). The van der Waals surface area contributed by atoms with Crippen molar-refractivity contribution >= 4 is 15.9 Å². The van der Waals surface area contributed by atoms with E-state index < -0.39 is 6.10 Å². The lowest BCUT2D eigenvalue weighted by Gasteiger charge is -2.01. The summed E-state index contributed by atoms with van der Waals surface area (Å²) in [7, 11) is 0. The fraction of sp³-hybridized carbons (Fsp3) is 0.333. The van der Waals surface area contributed by atoms with Crippen molar-refractivity contribution in [3.63, 3.8) is 0 Å². The average molecular weight is 297 g/mol. The molecule has 1 aromatic heterocycles. The average Bonchev–Trinajstić information content (AvgIpc) is 2.78. The molecule has 0 radical (unpaired) electrons. The number of aliphatic hydroxyl groups is 1. The Kier molecular flexibility index (Phi) is 3.91. The van der Waals surface area contributed by atoms with Gasteiger partial charge in [-0.05, 0) is 18.6 Å². The van der Waals surface area contributed by atoms with Crippen LogP contribution in [0.1, 0.15) is 19.2 Å². The summed E-state index contributed by atoms with van der Waals surface area (Å²) in [6.07, 6.45) is 0.642. The SMILES string of the molecule is CCC(O)Cc1nc(-c2ccccc2Br)no1. The van der Waals surface area contributed by atoms with Gasteiger partial charge < -0.3 is 9.63 Å². The van der Waals surface area contributed by atoms with Gasteiger partial charge in [0.2, 0.25) is 11.7 Å². The van der Waals surface area contributed by atoms with E-state index in [1.807, 2.05) is 31.2 Å². The summed E-state index contributed by atoms with van der Waals surface area (Å²) >= 11 is 3.44. The third-order valence-corrected chi connectivity index (χ3v) is 3.16. The van der Waals surface area contributed by atoms with E-state index in [1.165, 1.54) is 0 Å². The Labute approximate surface area is 108 Å². The molecule has 1 unspecified atom stereocenters. The van der Waals surface area contributed by atoms with Gasteiger partial charge in [0.15, 0.2) is 0 Å². The Morgan fingerprint density at radius 3 is 2.88 bits per heavy atom. The first-order chi connectivity index (χ1) is 8.20. The topological polar surface area (TPSA) is 59.2 Å². The Hall–Kier alpha value is -1.20. The second-order valence-electron chi connectivity index (χ2n) is 3.76. The lowest BCUT2D eigenvalue weighted by atomic mass is 10.2. The highest BCUT2D eigenvalue weighted by Gasteiger charge is 2.13. The van der Waals surface area contributed by atoms with Gasteiger partial charge in [0.25, 0.3) is 0 Å². The molecule has 0 aliphatic carbocycles. The van der Waals surface area contributed by atoms with Gasteiger partial charge in [-0.15, -0.1) is 0 Å². The quantitative estimate of drug-likeness (QED) is 0.942. The maximum absolute atomic E-state index is 9.51. The van der Waals surface area contributed by atoms with Crippen molar-refractivity contribution in [1.82, 2.24) is 10.1 Å². The Morgan fingerprint density at radius 1 is 1.41 bits per heavy atom. The molecule has 17 heavy (non-hydrogen) atoms. The zero-order valence-electron chi connectivity index (χ0n) is 9.43. The van der Waals surface area contributed by atoms with E-state index in [2.05, 4.69) is 26.1 Å². The van der Waals surface area contributed by atoms with Gasteiger partial charge in [-0.3, -0.25) is 0 Å². The van der Waals surface area contributed by atoms with Crippen molar-refractivity contribution in [3.05, 3.63) is 34.6 Å². The van der Waals surface area contributed by atoms with E-state index in [1.54, 1.807) is 0 Å². The van der Waals surface area contributed by atoms with Gasteiger partial charge in [-0.1, -0.05) is 40.1 Å². The van der Waals surface area contributed by atoms with Gasteiger partial charge in [-0.25, -0.2) is 0 Å². The molecule has 0 saturated heterocycles. The molecule has 0 fully saturated rings. The predicted molar refractivity (Wildman–Crippen MR) is 67.4 cm³/mol. The fourth-order valence-electron chi connectivity index (χ4n) is 1.44. The first kappa shape index (κ1) is 12.3. The van der Waals surface area contributed by atoms with Gasteiger partial charge in [0, 0.05) is 10.0 Å². The number of nitrogens with zero attached hydrogens (tertiary/aromatic N) is 2. The molecule has 0 spiro atoms. The molecule has 0 aliphatic heterocycles. The molecule has 0 amide bonds. The minimum Gasteiger partial charge on any atom is -0.393 e. The summed E-state index contributed by atoms with van der Waals surface area (Å²) < 4.78 is 6.02. The number of rotatable bonds is 4. The summed E-state index contributed by atoms with van der Waals surface area (Å²) in [4.78, 5) is 4.26. The molecule has 0 aliphatic rings. The molecular weight excluding hydrogens is 284 g/mol. The first-order valence-corrected chi connectivity index (χ1v) is 6.25. The summed E-state index contributed by atoms with van der Waals surface area (Å²) in [6.45, 7) is 1.91. The van der Waals surface area contributed by atoms with E-state index in [9.17, 15) is 5.11 Å². The molecule has 90 valence electrons. The van der Waals surface area contributed by atoms with Gasteiger partial charge in [0.1, 0.15) is 0 Å². The van der Waals surface area contributed by atoms with E-state index in [-0.39, 0.29) is 0 Å². The molecule has 1 aromatic carbocycles. The standard InChI is InChI=1S/C12H13BrN2O2/c1-2-8(16)7-11-14-12(15-17-11)9-5-3-4-6-10(9)13/h3-6,8,16H,2,7H2,1H3. The molecule has 5 heteroatoms. The van der Waals surface area contributed by atoms with Crippen LogP contribution in [0.25, 0.3) is 11.4 Å². The Balaban J connectivity index is 2.21. The van der Waals surface area contributed by atoms with E-state index in [0.717, 1.165) is 10.0 Å².